The molecule has 2 N–H and O–H groups in total. The highest BCUT2D eigenvalue weighted by atomic mass is 32.2. The van der Waals surface area contributed by atoms with Crippen LogP contribution in [0, 0.1) is 12.8 Å². The van der Waals surface area contributed by atoms with E-state index < -0.39 is 0 Å². The third-order valence-electron chi connectivity index (χ3n) is 5.78. The molecule has 1 heterocycles. The van der Waals surface area contributed by atoms with Crippen LogP contribution < -0.4 is 10.6 Å². The van der Waals surface area contributed by atoms with Crippen molar-refractivity contribution in [2.75, 3.05) is 11.1 Å². The first-order valence-corrected chi connectivity index (χ1v) is 12.5. The number of hydrogen-bond acceptors (Lipinski definition) is 5. The van der Waals surface area contributed by atoms with Crippen LogP contribution in [-0.2, 0) is 11.8 Å². The molecule has 0 aliphatic heterocycles. The molecule has 1 aromatic heterocycles. The lowest BCUT2D eigenvalue weighted by Crippen LogP contribution is -2.33. The zero-order chi connectivity index (χ0) is 24.9. The molecule has 0 saturated heterocycles. The lowest BCUT2D eigenvalue weighted by molar-refractivity contribution is -0.113. The minimum atomic E-state index is -0.320. The normalized spacial score (nSPS) is 12.0. The first kappa shape index (κ1) is 24.5. The quantitative estimate of drug-likeness (QED) is 0.336. The molecule has 0 aliphatic carbocycles. The van der Waals surface area contributed by atoms with E-state index in [1.807, 2.05) is 93.0 Å². The Balaban J connectivity index is 1.43. The molecule has 4 rings (SSSR count). The van der Waals surface area contributed by atoms with Crippen LogP contribution in [0.2, 0.25) is 0 Å². The molecule has 0 aliphatic rings. The minimum absolute atomic E-state index is 0.0965. The van der Waals surface area contributed by atoms with Gasteiger partial charge >= 0.3 is 0 Å². The standard InChI is InChI=1S/C27H29N5O2S/c1-17(2)24(29-26(34)20-12-7-9-18(3)15-20)25-30-31-27(32(25)4)35-16-23(33)28-22-14-8-11-19-10-5-6-13-21(19)22/h5-15,17,24H,16H2,1-4H3,(H,28,33)(H,29,34)/t24-/m1/s1. The largest absolute Gasteiger partial charge is 0.342 e. The second-order valence-corrected chi connectivity index (χ2v) is 9.77. The van der Waals surface area contributed by atoms with Gasteiger partial charge in [-0.25, -0.2) is 0 Å². The molecule has 1 atom stereocenters. The van der Waals surface area contributed by atoms with Gasteiger partial charge in [0.1, 0.15) is 0 Å². The second-order valence-electron chi connectivity index (χ2n) is 8.83. The maximum absolute atomic E-state index is 12.9. The number of hydrogen-bond donors (Lipinski definition) is 2. The molecule has 0 saturated carbocycles. The third-order valence-corrected chi connectivity index (χ3v) is 6.80. The van der Waals surface area contributed by atoms with Crippen molar-refractivity contribution in [3.8, 4) is 0 Å². The van der Waals surface area contributed by atoms with Gasteiger partial charge < -0.3 is 15.2 Å². The molecule has 180 valence electrons. The molecule has 0 spiro atoms. The van der Waals surface area contributed by atoms with Gasteiger partial charge in [0.25, 0.3) is 5.91 Å². The molecule has 0 unspecified atom stereocenters. The Morgan fingerprint density at radius 1 is 1.00 bits per heavy atom. The smallest absolute Gasteiger partial charge is 0.251 e. The Morgan fingerprint density at radius 2 is 1.74 bits per heavy atom. The summed E-state index contributed by atoms with van der Waals surface area (Å²) < 4.78 is 1.84. The van der Waals surface area contributed by atoms with E-state index in [1.165, 1.54) is 11.8 Å². The zero-order valence-corrected chi connectivity index (χ0v) is 21.1. The number of carbonyl (C=O) groups is 2. The summed E-state index contributed by atoms with van der Waals surface area (Å²) in [6.07, 6.45) is 0. The fourth-order valence-electron chi connectivity index (χ4n) is 3.91. The summed E-state index contributed by atoms with van der Waals surface area (Å²) in [6.45, 7) is 6.01. The molecule has 35 heavy (non-hydrogen) atoms. The van der Waals surface area contributed by atoms with Gasteiger partial charge in [-0.3, -0.25) is 9.59 Å². The molecule has 2 amide bonds. The summed E-state index contributed by atoms with van der Waals surface area (Å²) in [4.78, 5) is 25.5. The van der Waals surface area contributed by atoms with Gasteiger partial charge in [0, 0.05) is 23.7 Å². The first-order chi connectivity index (χ1) is 16.8. The van der Waals surface area contributed by atoms with Gasteiger partial charge in [0.05, 0.1) is 11.8 Å². The Kier molecular flexibility index (Phi) is 7.51. The van der Waals surface area contributed by atoms with Gasteiger partial charge in [-0.15, -0.1) is 10.2 Å². The van der Waals surface area contributed by atoms with Gasteiger partial charge in [0.2, 0.25) is 5.91 Å². The summed E-state index contributed by atoms with van der Waals surface area (Å²) in [5.74, 6) is 0.664. The molecule has 4 aromatic rings. The maximum atomic E-state index is 12.9. The number of rotatable bonds is 8. The van der Waals surface area contributed by atoms with Gasteiger partial charge in [-0.05, 0) is 36.4 Å². The number of benzene rings is 3. The summed E-state index contributed by atoms with van der Waals surface area (Å²) in [5, 5.41) is 17.4. The molecule has 0 fully saturated rings. The van der Waals surface area contributed by atoms with Gasteiger partial charge in [-0.1, -0.05) is 79.7 Å². The maximum Gasteiger partial charge on any atom is 0.251 e. The van der Waals surface area contributed by atoms with E-state index >= 15 is 0 Å². The summed E-state index contributed by atoms with van der Waals surface area (Å²) >= 11 is 1.31. The Labute approximate surface area is 209 Å². The van der Waals surface area contributed by atoms with E-state index in [0.717, 1.165) is 22.0 Å². The molecule has 8 heteroatoms. The van der Waals surface area contributed by atoms with Crippen LogP contribution in [0.15, 0.2) is 71.9 Å². The van der Waals surface area contributed by atoms with Crippen molar-refractivity contribution in [2.45, 2.75) is 32.0 Å². The SMILES string of the molecule is Cc1cccc(C(=O)N[C@@H](c2nnc(SCC(=O)Nc3cccc4ccccc34)n2C)C(C)C)c1. The van der Waals surface area contributed by atoms with Crippen LogP contribution in [0.1, 0.15) is 41.6 Å². The minimum Gasteiger partial charge on any atom is -0.342 e. The van der Waals surface area contributed by atoms with E-state index in [0.29, 0.717) is 16.5 Å². The number of nitrogens with zero attached hydrogens (tertiary/aromatic N) is 3. The Morgan fingerprint density at radius 3 is 2.51 bits per heavy atom. The molecule has 0 radical (unpaired) electrons. The molecular weight excluding hydrogens is 458 g/mol. The number of nitrogens with one attached hydrogen (secondary N) is 2. The van der Waals surface area contributed by atoms with E-state index in [-0.39, 0.29) is 29.5 Å². The number of aromatic nitrogens is 3. The van der Waals surface area contributed by atoms with Crippen LogP contribution in [0.3, 0.4) is 0 Å². The number of anilines is 1. The summed E-state index contributed by atoms with van der Waals surface area (Å²) in [6, 6.07) is 20.9. The van der Waals surface area contributed by atoms with E-state index in [9.17, 15) is 9.59 Å². The number of amides is 2. The van der Waals surface area contributed by atoms with Crippen molar-refractivity contribution in [3.63, 3.8) is 0 Å². The monoisotopic (exact) mass is 487 g/mol. The van der Waals surface area contributed by atoms with Gasteiger partial charge in [-0.2, -0.15) is 0 Å². The number of carbonyl (C=O) groups excluding carboxylic acids is 2. The summed E-state index contributed by atoms with van der Waals surface area (Å²) in [5.41, 5.74) is 2.42. The predicted octanol–water partition coefficient (Wildman–Crippen LogP) is 5.13. The van der Waals surface area contributed by atoms with Gasteiger partial charge in [0.15, 0.2) is 11.0 Å². The molecule has 7 nitrogen and oxygen atoms in total. The predicted molar refractivity (Wildman–Crippen MR) is 141 cm³/mol. The Hall–Kier alpha value is -3.65. The van der Waals surface area contributed by atoms with Crippen molar-refractivity contribution in [1.82, 2.24) is 20.1 Å². The number of thioether (sulfide) groups is 1. The number of aryl methyl sites for hydroxylation is 1. The highest BCUT2D eigenvalue weighted by Crippen LogP contribution is 2.26. The van der Waals surface area contributed by atoms with Crippen molar-refractivity contribution >= 4 is 40.0 Å². The van der Waals surface area contributed by atoms with E-state index in [1.54, 1.807) is 6.07 Å². The average molecular weight is 488 g/mol. The van der Waals surface area contributed by atoms with Crippen LogP contribution in [0.25, 0.3) is 10.8 Å². The first-order valence-electron chi connectivity index (χ1n) is 11.5. The van der Waals surface area contributed by atoms with E-state index in [2.05, 4.69) is 20.8 Å². The lowest BCUT2D eigenvalue weighted by atomic mass is 10.0. The lowest BCUT2D eigenvalue weighted by Gasteiger charge is -2.21. The zero-order valence-electron chi connectivity index (χ0n) is 20.3. The average Bonchev–Trinajstić information content (AvgIpc) is 3.21. The van der Waals surface area contributed by atoms with Crippen molar-refractivity contribution < 1.29 is 9.59 Å². The van der Waals surface area contributed by atoms with Crippen LogP contribution >= 0.6 is 11.8 Å². The number of fused-ring (bicyclic) bond motifs is 1. The van der Waals surface area contributed by atoms with Crippen molar-refractivity contribution in [2.24, 2.45) is 13.0 Å². The highest BCUT2D eigenvalue weighted by Gasteiger charge is 2.25. The molecule has 3 aromatic carbocycles. The second kappa shape index (κ2) is 10.7. The van der Waals surface area contributed by atoms with Crippen LogP contribution in [-0.4, -0.2) is 32.3 Å². The van der Waals surface area contributed by atoms with Crippen LogP contribution in [0.4, 0.5) is 5.69 Å². The third kappa shape index (κ3) is 5.71. The molecular formula is C27H29N5O2S. The molecule has 0 bridgehead atoms. The van der Waals surface area contributed by atoms with E-state index in [4.69, 9.17) is 0 Å². The Bertz CT molecular complexity index is 1360. The highest BCUT2D eigenvalue weighted by molar-refractivity contribution is 7.99. The van der Waals surface area contributed by atoms with Crippen LogP contribution in [0.5, 0.6) is 0 Å². The summed E-state index contributed by atoms with van der Waals surface area (Å²) in [7, 11) is 1.86. The fraction of sp³-hybridized carbons (Fsp3) is 0.259. The topological polar surface area (TPSA) is 88.9 Å². The van der Waals surface area contributed by atoms with Crippen molar-refractivity contribution in [3.05, 3.63) is 83.7 Å². The van der Waals surface area contributed by atoms with Crippen molar-refractivity contribution in [1.29, 1.82) is 0 Å². The fourth-order valence-corrected chi connectivity index (χ4v) is 4.63.